The summed E-state index contributed by atoms with van der Waals surface area (Å²) in [7, 11) is 0. The van der Waals surface area contributed by atoms with Crippen LogP contribution in [0.4, 0.5) is 0 Å². The number of hydrogen-bond acceptors (Lipinski definition) is 4. The summed E-state index contributed by atoms with van der Waals surface area (Å²) in [5.41, 5.74) is 0.999. The second kappa shape index (κ2) is 7.29. The third kappa shape index (κ3) is 4.75. The molecule has 0 bridgehead atoms. The van der Waals surface area contributed by atoms with Gasteiger partial charge in [0.25, 0.3) is 0 Å². The minimum Gasteiger partial charge on any atom is -0.335 e. The molecule has 0 unspecified atom stereocenters. The van der Waals surface area contributed by atoms with Gasteiger partial charge in [0, 0.05) is 24.2 Å². The van der Waals surface area contributed by atoms with E-state index in [9.17, 15) is 4.79 Å². The van der Waals surface area contributed by atoms with Crippen molar-refractivity contribution in [1.82, 2.24) is 9.88 Å². The average Bonchev–Trinajstić information content (AvgIpc) is 2.72. The number of carbonyl (C=O) groups excluding carboxylic acids is 1. The first-order valence-electron chi connectivity index (χ1n) is 5.22. The van der Waals surface area contributed by atoms with E-state index in [0.717, 1.165) is 10.0 Å². The Morgan fingerprint density at radius 1 is 1.53 bits per heavy atom. The van der Waals surface area contributed by atoms with Crippen LogP contribution < -0.4 is 0 Å². The van der Waals surface area contributed by atoms with Gasteiger partial charge in [-0.05, 0) is 6.92 Å². The zero-order valence-corrected chi connectivity index (χ0v) is 11.5. The van der Waals surface area contributed by atoms with Gasteiger partial charge in [0.1, 0.15) is 0 Å². The number of aromatic nitrogens is 1. The first-order valence-corrected chi connectivity index (χ1v) is 7.08. The second-order valence-electron chi connectivity index (χ2n) is 3.42. The molecule has 0 saturated carbocycles. The number of hydrogen-bond donors (Lipinski definition) is 0. The summed E-state index contributed by atoms with van der Waals surface area (Å²) >= 11 is 3.05. The van der Waals surface area contributed by atoms with Crippen LogP contribution in [0, 0.1) is 6.92 Å². The van der Waals surface area contributed by atoms with Gasteiger partial charge >= 0.3 is 0 Å². The zero-order valence-electron chi connectivity index (χ0n) is 9.89. The number of amides is 1. The second-order valence-corrected chi connectivity index (χ2v) is 5.50. The van der Waals surface area contributed by atoms with Crippen molar-refractivity contribution >= 4 is 29.0 Å². The summed E-state index contributed by atoms with van der Waals surface area (Å²) in [6, 6.07) is 0. The largest absolute Gasteiger partial charge is 0.335 e. The quantitative estimate of drug-likeness (QED) is 0.563. The molecule has 0 N–H and O–H groups in total. The Hall–Kier alpha value is -1.07. The van der Waals surface area contributed by atoms with Crippen LogP contribution in [0.1, 0.15) is 5.69 Å². The normalized spacial score (nSPS) is 9.94. The van der Waals surface area contributed by atoms with E-state index in [4.69, 9.17) is 0 Å². The highest BCUT2D eigenvalue weighted by Crippen LogP contribution is 2.22. The summed E-state index contributed by atoms with van der Waals surface area (Å²) in [6.45, 7) is 10.3. The van der Waals surface area contributed by atoms with Gasteiger partial charge < -0.3 is 4.90 Å². The fraction of sp³-hybridized carbons (Fsp3) is 0.333. The lowest BCUT2D eigenvalue weighted by molar-refractivity contribution is -0.127. The van der Waals surface area contributed by atoms with E-state index in [0.29, 0.717) is 18.8 Å². The summed E-state index contributed by atoms with van der Waals surface area (Å²) in [5.74, 6) is 0.497. The molecule has 0 radical (unpaired) electrons. The molecule has 5 heteroatoms. The maximum absolute atomic E-state index is 11.9. The minimum atomic E-state index is 0.0858. The maximum atomic E-state index is 11.9. The highest BCUT2D eigenvalue weighted by molar-refractivity contribution is 8.01. The average molecular weight is 268 g/mol. The molecule has 0 saturated heterocycles. The van der Waals surface area contributed by atoms with Crippen LogP contribution in [-0.4, -0.2) is 34.6 Å². The van der Waals surface area contributed by atoms with Gasteiger partial charge in [-0.25, -0.2) is 4.98 Å². The van der Waals surface area contributed by atoms with Crippen molar-refractivity contribution < 1.29 is 4.79 Å². The Balaban J connectivity index is 2.46. The molecule has 0 aliphatic heterocycles. The van der Waals surface area contributed by atoms with Gasteiger partial charge in [-0.2, -0.15) is 0 Å². The first kappa shape index (κ1) is 14.0. The minimum absolute atomic E-state index is 0.0858. The fourth-order valence-corrected chi connectivity index (χ4v) is 2.96. The molecule has 0 spiro atoms. The van der Waals surface area contributed by atoms with Gasteiger partial charge in [0.2, 0.25) is 5.91 Å². The van der Waals surface area contributed by atoms with E-state index in [-0.39, 0.29) is 5.91 Å². The molecule has 17 heavy (non-hydrogen) atoms. The maximum Gasteiger partial charge on any atom is 0.233 e. The molecule has 1 aromatic heterocycles. The predicted molar refractivity (Wildman–Crippen MR) is 74.5 cm³/mol. The first-order chi connectivity index (χ1) is 8.17. The number of aryl methyl sites for hydroxylation is 1. The molecule has 3 nitrogen and oxygen atoms in total. The summed E-state index contributed by atoms with van der Waals surface area (Å²) < 4.78 is 0.938. The lowest BCUT2D eigenvalue weighted by Crippen LogP contribution is -2.32. The molecule has 1 amide bonds. The van der Waals surface area contributed by atoms with E-state index in [1.54, 1.807) is 28.4 Å². The van der Waals surface area contributed by atoms with Gasteiger partial charge in [0.15, 0.2) is 4.34 Å². The van der Waals surface area contributed by atoms with Gasteiger partial charge in [0.05, 0.1) is 5.75 Å². The SMILES string of the molecule is C=CCN(CC=C)C(=O)CSc1nc(C)cs1. The van der Waals surface area contributed by atoms with Gasteiger partial charge in [-0.3, -0.25) is 4.79 Å². The molecule has 0 atom stereocenters. The Morgan fingerprint density at radius 2 is 2.18 bits per heavy atom. The smallest absolute Gasteiger partial charge is 0.233 e. The Bertz CT molecular complexity index is 391. The number of carbonyl (C=O) groups is 1. The molecule has 0 aromatic carbocycles. The molecule has 0 aliphatic carbocycles. The summed E-state index contributed by atoms with van der Waals surface area (Å²) in [5, 5.41) is 1.98. The standard InChI is InChI=1S/C12H16N2OS2/c1-4-6-14(7-5-2)11(15)9-17-12-13-10(3)8-16-12/h4-5,8H,1-2,6-7,9H2,3H3. The lowest BCUT2D eigenvalue weighted by Gasteiger charge is -2.18. The summed E-state index contributed by atoms with van der Waals surface area (Å²) in [6.07, 6.45) is 3.44. The predicted octanol–water partition coefficient (Wildman–Crippen LogP) is 2.74. The highest BCUT2D eigenvalue weighted by Gasteiger charge is 2.11. The number of rotatable bonds is 7. The van der Waals surface area contributed by atoms with Crippen molar-refractivity contribution in [2.45, 2.75) is 11.3 Å². The Morgan fingerprint density at radius 3 is 2.65 bits per heavy atom. The van der Waals surface area contributed by atoms with Crippen molar-refractivity contribution in [3.05, 3.63) is 36.4 Å². The van der Waals surface area contributed by atoms with Crippen LogP contribution in [0.3, 0.4) is 0 Å². The molecule has 1 aromatic rings. The Kier molecular flexibility index (Phi) is 6.00. The van der Waals surface area contributed by atoms with E-state index >= 15 is 0 Å². The van der Waals surface area contributed by atoms with Crippen LogP contribution in [0.2, 0.25) is 0 Å². The fourth-order valence-electron chi connectivity index (χ4n) is 1.20. The molecule has 0 fully saturated rings. The summed E-state index contributed by atoms with van der Waals surface area (Å²) in [4.78, 5) is 17.9. The van der Waals surface area contributed by atoms with Crippen molar-refractivity contribution in [2.75, 3.05) is 18.8 Å². The van der Waals surface area contributed by atoms with E-state index in [2.05, 4.69) is 18.1 Å². The third-order valence-corrected chi connectivity index (χ3v) is 4.09. The van der Waals surface area contributed by atoms with E-state index < -0.39 is 0 Å². The lowest BCUT2D eigenvalue weighted by atomic mass is 10.4. The van der Waals surface area contributed by atoms with Crippen LogP contribution in [0.15, 0.2) is 35.0 Å². The van der Waals surface area contributed by atoms with Crippen LogP contribution in [-0.2, 0) is 4.79 Å². The van der Waals surface area contributed by atoms with E-state index in [1.807, 2.05) is 12.3 Å². The van der Waals surface area contributed by atoms with Crippen molar-refractivity contribution in [2.24, 2.45) is 0 Å². The zero-order chi connectivity index (χ0) is 12.7. The van der Waals surface area contributed by atoms with Crippen LogP contribution >= 0.6 is 23.1 Å². The number of thiazole rings is 1. The molecule has 92 valence electrons. The monoisotopic (exact) mass is 268 g/mol. The third-order valence-electron chi connectivity index (χ3n) is 1.97. The molecule has 0 aliphatic rings. The van der Waals surface area contributed by atoms with Crippen molar-refractivity contribution in [1.29, 1.82) is 0 Å². The topological polar surface area (TPSA) is 33.2 Å². The van der Waals surface area contributed by atoms with Crippen LogP contribution in [0.25, 0.3) is 0 Å². The highest BCUT2D eigenvalue weighted by atomic mass is 32.2. The molecular formula is C12H16N2OS2. The van der Waals surface area contributed by atoms with Crippen molar-refractivity contribution in [3.8, 4) is 0 Å². The molecular weight excluding hydrogens is 252 g/mol. The van der Waals surface area contributed by atoms with Gasteiger partial charge in [-0.15, -0.1) is 24.5 Å². The number of nitrogens with zero attached hydrogens (tertiary/aromatic N) is 2. The van der Waals surface area contributed by atoms with Gasteiger partial charge in [-0.1, -0.05) is 23.9 Å². The van der Waals surface area contributed by atoms with E-state index in [1.165, 1.54) is 11.8 Å². The Labute approximate surface area is 110 Å². The van der Waals surface area contributed by atoms with Crippen LogP contribution in [0.5, 0.6) is 0 Å². The number of thioether (sulfide) groups is 1. The molecule has 1 rings (SSSR count). The van der Waals surface area contributed by atoms with Crippen molar-refractivity contribution in [3.63, 3.8) is 0 Å². The molecule has 1 heterocycles.